The van der Waals surface area contributed by atoms with Gasteiger partial charge in [0.05, 0.1) is 6.42 Å². The van der Waals surface area contributed by atoms with Gasteiger partial charge in [0.1, 0.15) is 11.4 Å². The van der Waals surface area contributed by atoms with Crippen LogP contribution >= 0.6 is 31.9 Å². The first-order chi connectivity index (χ1) is 12.1. The molecule has 0 spiro atoms. The maximum absolute atomic E-state index is 7.35. The Bertz CT molecular complexity index is 904. The molecule has 3 rings (SSSR count). The zero-order valence-electron chi connectivity index (χ0n) is 12.9. The van der Waals surface area contributed by atoms with Gasteiger partial charge >= 0.3 is 0 Å². The molecule has 6 heteroatoms. The molecular weight excluding hydrogens is 444 g/mol. The molecule has 0 radical (unpaired) electrons. The van der Waals surface area contributed by atoms with Gasteiger partial charge < -0.3 is 9.69 Å². The van der Waals surface area contributed by atoms with Gasteiger partial charge in [-0.3, -0.25) is 0 Å². The topological polar surface area (TPSA) is 33.4 Å². The normalized spacial score (nSPS) is 14.1. The Morgan fingerprint density at radius 1 is 0.680 bits per heavy atom. The van der Waals surface area contributed by atoms with E-state index in [1.54, 1.807) is 0 Å². The van der Waals surface area contributed by atoms with Crippen molar-refractivity contribution in [3.63, 3.8) is 0 Å². The molecule has 0 aliphatic carbocycles. The second-order valence-electron chi connectivity index (χ2n) is 5.18. The summed E-state index contributed by atoms with van der Waals surface area (Å²) in [7, 11) is 0. The lowest BCUT2D eigenvalue weighted by atomic mass is 10.00. The Kier molecular flexibility index (Phi) is 5.23. The number of hydrogen-bond acceptors (Lipinski definition) is 2. The highest BCUT2D eigenvalue weighted by Crippen LogP contribution is 2.23. The SMILES string of the molecule is [C-]#[N+]C1=C([N+]#[C-])N=C(c2ccc(Br)cc2)CC(c2ccc(Br)cc2)=N1. The minimum Gasteiger partial charge on any atom is -0.370 e. The van der Waals surface area contributed by atoms with Gasteiger partial charge in [-0.1, -0.05) is 45.0 Å². The van der Waals surface area contributed by atoms with Gasteiger partial charge in [-0.05, 0) is 48.5 Å². The lowest BCUT2D eigenvalue weighted by Crippen LogP contribution is -2.10. The van der Waals surface area contributed by atoms with Crippen LogP contribution in [0.3, 0.4) is 0 Å². The molecule has 0 N–H and O–H groups in total. The number of rotatable bonds is 2. The van der Waals surface area contributed by atoms with Gasteiger partial charge in [0.25, 0.3) is 11.6 Å². The maximum Gasteiger partial charge on any atom is 0.293 e. The third kappa shape index (κ3) is 3.93. The van der Waals surface area contributed by atoms with Gasteiger partial charge in [-0.25, -0.2) is 0 Å². The van der Waals surface area contributed by atoms with E-state index in [1.165, 1.54) is 0 Å². The summed E-state index contributed by atoms with van der Waals surface area (Å²) >= 11 is 6.84. The fourth-order valence-electron chi connectivity index (χ4n) is 2.36. The number of halogens is 2. The molecule has 0 fully saturated rings. The van der Waals surface area contributed by atoms with Crippen LogP contribution in [0, 0.1) is 13.1 Å². The molecule has 1 aliphatic heterocycles. The average Bonchev–Trinajstić information content (AvgIpc) is 2.82. The number of hydrogen-bond donors (Lipinski definition) is 0. The third-order valence-corrected chi connectivity index (χ3v) is 4.64. The smallest absolute Gasteiger partial charge is 0.293 e. The summed E-state index contributed by atoms with van der Waals surface area (Å²) in [6, 6.07) is 15.5. The summed E-state index contributed by atoms with van der Waals surface area (Å²) in [6.45, 7) is 14.7. The number of benzene rings is 2. The third-order valence-electron chi connectivity index (χ3n) is 3.58. The van der Waals surface area contributed by atoms with Crippen LogP contribution in [0.25, 0.3) is 9.69 Å². The zero-order chi connectivity index (χ0) is 17.8. The van der Waals surface area contributed by atoms with Crippen LogP contribution in [-0.2, 0) is 0 Å². The van der Waals surface area contributed by atoms with Crippen LogP contribution in [0.1, 0.15) is 17.5 Å². The van der Waals surface area contributed by atoms with Gasteiger partial charge in [-0.2, -0.15) is 0 Å². The molecule has 1 aliphatic rings. The minimum atomic E-state index is 0.0278. The Morgan fingerprint density at radius 2 is 1.04 bits per heavy atom. The van der Waals surface area contributed by atoms with E-state index in [0.29, 0.717) is 6.42 Å². The van der Waals surface area contributed by atoms with Crippen LogP contribution in [0.5, 0.6) is 0 Å². The molecule has 0 aromatic heterocycles. The van der Waals surface area contributed by atoms with Gasteiger partial charge in [0, 0.05) is 20.1 Å². The molecule has 0 saturated carbocycles. The van der Waals surface area contributed by atoms with Crippen LogP contribution in [0.2, 0.25) is 0 Å². The second kappa shape index (κ2) is 7.57. The zero-order valence-corrected chi connectivity index (χ0v) is 16.0. The van der Waals surface area contributed by atoms with Crippen molar-refractivity contribution in [3.05, 3.63) is 103 Å². The molecular formula is C19H10Br2N4. The lowest BCUT2D eigenvalue weighted by molar-refractivity contribution is 1.27. The van der Waals surface area contributed by atoms with Crippen molar-refractivity contribution >= 4 is 43.3 Å². The van der Waals surface area contributed by atoms with Crippen molar-refractivity contribution in [1.82, 2.24) is 0 Å². The highest BCUT2D eigenvalue weighted by molar-refractivity contribution is 9.10. The highest BCUT2D eigenvalue weighted by atomic mass is 79.9. The van der Waals surface area contributed by atoms with E-state index in [9.17, 15) is 0 Å². The minimum absolute atomic E-state index is 0.0278. The van der Waals surface area contributed by atoms with Gasteiger partial charge in [-0.15, -0.1) is 9.98 Å². The van der Waals surface area contributed by atoms with Crippen molar-refractivity contribution in [3.8, 4) is 0 Å². The standard InChI is InChI=1S/C19H10Br2N4/c1-22-18-19(23-2)25-17(13-5-9-15(21)10-6-13)11-16(24-18)12-3-7-14(20)8-4-12/h3-10H,11H2. The first-order valence-corrected chi connectivity index (χ1v) is 8.85. The molecule has 0 amide bonds. The fraction of sp³-hybridized carbons (Fsp3) is 0.0526. The quantitative estimate of drug-likeness (QED) is 0.510. The first-order valence-electron chi connectivity index (χ1n) is 7.27. The fourth-order valence-corrected chi connectivity index (χ4v) is 2.89. The average molecular weight is 454 g/mol. The predicted molar refractivity (Wildman–Crippen MR) is 106 cm³/mol. The molecule has 120 valence electrons. The second-order valence-corrected chi connectivity index (χ2v) is 7.01. The molecule has 1 heterocycles. The van der Waals surface area contributed by atoms with Crippen molar-refractivity contribution in [2.75, 3.05) is 0 Å². The number of aliphatic imine (C=N–C) groups is 2. The van der Waals surface area contributed by atoms with Crippen LogP contribution in [-0.4, -0.2) is 11.4 Å². The lowest BCUT2D eigenvalue weighted by Gasteiger charge is -2.04. The highest BCUT2D eigenvalue weighted by Gasteiger charge is 2.23. The van der Waals surface area contributed by atoms with Crippen LogP contribution in [0.4, 0.5) is 0 Å². The Labute approximate surface area is 162 Å². The summed E-state index contributed by atoms with van der Waals surface area (Å²) in [6.07, 6.45) is 0.446. The molecule has 0 unspecified atom stereocenters. The van der Waals surface area contributed by atoms with E-state index in [-0.39, 0.29) is 11.6 Å². The molecule has 0 saturated heterocycles. The molecule has 4 nitrogen and oxygen atoms in total. The monoisotopic (exact) mass is 452 g/mol. The van der Waals surface area contributed by atoms with Gasteiger partial charge in [0.2, 0.25) is 0 Å². The first kappa shape index (κ1) is 17.3. The summed E-state index contributed by atoms with van der Waals surface area (Å²) in [5, 5.41) is 0. The van der Waals surface area contributed by atoms with Crippen LogP contribution in [0.15, 0.2) is 79.1 Å². The summed E-state index contributed by atoms with van der Waals surface area (Å²) in [5.41, 5.74) is 3.25. The van der Waals surface area contributed by atoms with E-state index in [2.05, 4.69) is 51.5 Å². The number of nitrogens with zero attached hydrogens (tertiary/aromatic N) is 4. The van der Waals surface area contributed by atoms with Crippen LogP contribution < -0.4 is 0 Å². The van der Waals surface area contributed by atoms with Crippen molar-refractivity contribution in [2.24, 2.45) is 9.98 Å². The molecule has 0 atom stereocenters. The van der Waals surface area contributed by atoms with E-state index >= 15 is 0 Å². The Morgan fingerprint density at radius 3 is 1.36 bits per heavy atom. The molecule has 2 aromatic carbocycles. The Balaban J connectivity index is 2.14. The van der Waals surface area contributed by atoms with Crippen molar-refractivity contribution < 1.29 is 0 Å². The summed E-state index contributed by atoms with van der Waals surface area (Å²) in [5.74, 6) is 0.0556. The molecule has 0 bridgehead atoms. The van der Waals surface area contributed by atoms with E-state index in [4.69, 9.17) is 13.1 Å². The van der Waals surface area contributed by atoms with Gasteiger partial charge in [0.15, 0.2) is 0 Å². The van der Waals surface area contributed by atoms with E-state index < -0.39 is 0 Å². The Hall–Kier alpha value is -2.54. The van der Waals surface area contributed by atoms with E-state index in [1.807, 2.05) is 48.5 Å². The van der Waals surface area contributed by atoms with Crippen molar-refractivity contribution in [1.29, 1.82) is 0 Å². The maximum atomic E-state index is 7.35. The largest absolute Gasteiger partial charge is 0.370 e. The molecule has 25 heavy (non-hydrogen) atoms. The predicted octanol–water partition coefficient (Wildman–Crippen LogP) is 5.86. The van der Waals surface area contributed by atoms with E-state index in [0.717, 1.165) is 31.5 Å². The van der Waals surface area contributed by atoms with Crippen molar-refractivity contribution in [2.45, 2.75) is 6.42 Å². The summed E-state index contributed by atoms with van der Waals surface area (Å²) < 4.78 is 1.94. The molecule has 2 aromatic rings. The summed E-state index contributed by atoms with van der Waals surface area (Å²) in [4.78, 5) is 15.7.